The molecule has 13 nitrogen and oxygen atoms in total. The Morgan fingerprint density at radius 1 is 1.13 bits per heavy atom. The second kappa shape index (κ2) is 13.2. The first-order valence-corrected chi connectivity index (χ1v) is 16.5. The Hall–Kier alpha value is -3.04. The Kier molecular flexibility index (Phi) is 9.86. The predicted molar refractivity (Wildman–Crippen MR) is 170 cm³/mol. The number of ether oxygens (including phenoxy) is 5. The van der Waals surface area contributed by atoms with Gasteiger partial charge in [-0.25, -0.2) is 9.59 Å². The van der Waals surface area contributed by atoms with Crippen molar-refractivity contribution in [2.24, 2.45) is 16.1 Å². The van der Waals surface area contributed by atoms with E-state index in [2.05, 4.69) is 22.0 Å². The van der Waals surface area contributed by atoms with Crippen molar-refractivity contribution in [3.05, 3.63) is 41.0 Å². The summed E-state index contributed by atoms with van der Waals surface area (Å²) in [6.07, 6.45) is 1.33. The highest BCUT2D eigenvalue weighted by Gasteiger charge is 2.61. The predicted octanol–water partition coefficient (Wildman–Crippen LogP) is 4.05. The van der Waals surface area contributed by atoms with Gasteiger partial charge in [-0.1, -0.05) is 31.2 Å². The van der Waals surface area contributed by atoms with Crippen LogP contribution in [0, 0.1) is 5.92 Å². The third-order valence-electron chi connectivity index (χ3n) is 8.16. The molecule has 1 saturated carbocycles. The van der Waals surface area contributed by atoms with Crippen molar-refractivity contribution in [2.75, 3.05) is 12.4 Å². The lowest BCUT2D eigenvalue weighted by molar-refractivity contribution is -0.177. The van der Waals surface area contributed by atoms with E-state index in [1.54, 1.807) is 39.8 Å². The average Bonchev–Trinajstić information content (AvgIpc) is 3.64. The molecule has 1 aromatic rings. The molecule has 2 saturated heterocycles. The first-order valence-electron chi connectivity index (χ1n) is 15.5. The van der Waals surface area contributed by atoms with Crippen LogP contribution in [0.2, 0.25) is 0 Å². The number of hydrogen-bond donors (Lipinski definition) is 1. The molecule has 1 aromatic heterocycles. The number of fused-ring (bicyclic) bond motifs is 3. The van der Waals surface area contributed by atoms with E-state index in [-0.39, 0.29) is 24.7 Å². The molecule has 0 aromatic carbocycles. The lowest BCUT2D eigenvalue weighted by Crippen LogP contribution is -2.53. The molecule has 1 N–H and O–H groups in total. The van der Waals surface area contributed by atoms with Crippen molar-refractivity contribution < 1.29 is 42.5 Å². The van der Waals surface area contributed by atoms with Gasteiger partial charge in [-0.15, -0.1) is 11.8 Å². The lowest BCUT2D eigenvalue weighted by atomic mass is 9.81. The molecule has 3 aliphatic heterocycles. The highest BCUT2D eigenvalue weighted by atomic mass is 32.2. The zero-order valence-corrected chi connectivity index (χ0v) is 28.1. The van der Waals surface area contributed by atoms with Crippen molar-refractivity contribution in [3.8, 4) is 5.75 Å². The van der Waals surface area contributed by atoms with Crippen LogP contribution in [-0.2, 0) is 33.4 Å². The quantitative estimate of drug-likeness (QED) is 0.158. The number of carbonyl (C=O) groups is 2. The molecule has 1 amide bonds. The largest absolute Gasteiger partial charge is 0.489 e. The minimum Gasteiger partial charge on any atom is -0.489 e. The van der Waals surface area contributed by atoms with Gasteiger partial charge in [0.15, 0.2) is 11.6 Å². The van der Waals surface area contributed by atoms with E-state index in [1.807, 2.05) is 20.8 Å². The lowest BCUT2D eigenvalue weighted by Gasteiger charge is -2.35. The van der Waals surface area contributed by atoms with E-state index in [4.69, 9.17) is 32.9 Å². The van der Waals surface area contributed by atoms with Gasteiger partial charge in [0.1, 0.15) is 52.7 Å². The maximum absolute atomic E-state index is 13.5. The van der Waals surface area contributed by atoms with E-state index >= 15 is 0 Å². The molecule has 14 heteroatoms. The SMILES string of the molecule is C=CCOc1cc([C@@H](CCC)NC(=O)[C@]2(C)CSC(/C(C)=N/OC(=O)[C@H]3C[C@@H]4OC(C)(C)O[C@@H]4[C@H]4OC(C)(C)O[C@H]43)=N2)oc(=O)c1. The summed E-state index contributed by atoms with van der Waals surface area (Å²) < 4.78 is 35.4. The number of nitrogens with one attached hydrogen (secondary N) is 1. The molecule has 7 atom stereocenters. The Morgan fingerprint density at radius 3 is 2.54 bits per heavy atom. The fraction of sp³-hybridized carbons (Fsp3) is 0.656. The van der Waals surface area contributed by atoms with Crippen molar-refractivity contribution >= 4 is 34.4 Å². The van der Waals surface area contributed by atoms with Crippen LogP contribution in [0.4, 0.5) is 0 Å². The summed E-state index contributed by atoms with van der Waals surface area (Å²) in [5.41, 5.74) is -1.36. The Balaban J connectivity index is 1.26. The molecule has 46 heavy (non-hydrogen) atoms. The summed E-state index contributed by atoms with van der Waals surface area (Å²) in [6, 6.07) is 2.27. The van der Waals surface area contributed by atoms with Gasteiger partial charge in [-0.3, -0.25) is 9.79 Å². The fourth-order valence-corrected chi connectivity index (χ4v) is 7.24. The molecule has 4 aliphatic rings. The van der Waals surface area contributed by atoms with E-state index in [0.717, 1.165) is 6.42 Å². The normalized spacial score (nSPS) is 31.8. The molecule has 3 fully saturated rings. The number of oxime groups is 1. The van der Waals surface area contributed by atoms with Crippen LogP contribution in [0.25, 0.3) is 0 Å². The van der Waals surface area contributed by atoms with Crippen LogP contribution >= 0.6 is 11.8 Å². The van der Waals surface area contributed by atoms with E-state index in [0.29, 0.717) is 40.9 Å². The number of hydrogen-bond acceptors (Lipinski definition) is 13. The zero-order valence-electron chi connectivity index (χ0n) is 27.3. The summed E-state index contributed by atoms with van der Waals surface area (Å²) >= 11 is 1.33. The third-order valence-corrected chi connectivity index (χ3v) is 9.53. The molecule has 0 unspecified atom stereocenters. The molecule has 4 heterocycles. The molecule has 5 rings (SSSR count). The maximum Gasteiger partial charge on any atom is 0.340 e. The van der Waals surface area contributed by atoms with Gasteiger partial charge >= 0.3 is 11.6 Å². The minimum absolute atomic E-state index is 0.224. The van der Waals surface area contributed by atoms with Gasteiger partial charge in [0.25, 0.3) is 0 Å². The van der Waals surface area contributed by atoms with Gasteiger partial charge in [0.2, 0.25) is 5.91 Å². The van der Waals surface area contributed by atoms with Crippen LogP contribution < -0.4 is 15.7 Å². The first kappa shape index (κ1) is 34.3. The van der Waals surface area contributed by atoms with E-state index in [9.17, 15) is 14.4 Å². The van der Waals surface area contributed by atoms with E-state index < -0.39 is 52.9 Å². The van der Waals surface area contributed by atoms with Crippen molar-refractivity contribution in [3.63, 3.8) is 0 Å². The first-order chi connectivity index (χ1) is 21.6. The van der Waals surface area contributed by atoms with Gasteiger partial charge in [-0.2, -0.15) is 0 Å². The standard InChI is InChI=1S/C32H43N3O10S/c1-9-11-20(21-13-18(39-12-10-2)14-23(36)40-21)33-29(38)32(8)16-46-27(34-32)17(3)35-45-28(37)19-15-22-25(43-30(4,5)41-22)26-24(19)42-31(6,7)44-26/h10,13-14,19-20,22,24-26H,2,9,11-12,15-16H2,1,3-8H3,(H,33,38)/b35-17+/t19-,20+,22-,24-,25-,26-,32-/m0/s1. The number of aliphatic imine (C=N–C) groups is 1. The van der Waals surface area contributed by atoms with Gasteiger partial charge in [-0.05, 0) is 54.4 Å². The fourth-order valence-electron chi connectivity index (χ4n) is 6.11. The number of rotatable bonds is 11. The number of carbonyl (C=O) groups excluding carboxylic acids is 2. The summed E-state index contributed by atoms with van der Waals surface area (Å²) in [4.78, 5) is 49.2. The Labute approximate surface area is 272 Å². The van der Waals surface area contributed by atoms with Crippen LogP contribution in [0.1, 0.15) is 79.5 Å². The second-order valence-electron chi connectivity index (χ2n) is 13.0. The van der Waals surface area contributed by atoms with Crippen molar-refractivity contribution in [2.45, 2.75) is 115 Å². The molecule has 252 valence electrons. The highest BCUT2D eigenvalue weighted by molar-refractivity contribution is 8.16. The molecular weight excluding hydrogens is 618 g/mol. The summed E-state index contributed by atoms with van der Waals surface area (Å²) in [6.45, 7) is 16.4. The van der Waals surface area contributed by atoms with Crippen LogP contribution in [0.3, 0.4) is 0 Å². The third kappa shape index (κ3) is 7.41. The molecular formula is C32H43N3O10S. The smallest absolute Gasteiger partial charge is 0.340 e. The number of amides is 1. The average molecular weight is 662 g/mol. The maximum atomic E-state index is 13.5. The van der Waals surface area contributed by atoms with Gasteiger partial charge < -0.3 is 38.3 Å². The van der Waals surface area contributed by atoms with Crippen molar-refractivity contribution in [1.82, 2.24) is 5.32 Å². The van der Waals surface area contributed by atoms with Gasteiger partial charge in [0, 0.05) is 11.8 Å². The van der Waals surface area contributed by atoms with Gasteiger partial charge in [0.05, 0.1) is 24.1 Å². The van der Waals surface area contributed by atoms with Crippen LogP contribution in [-0.4, -0.2) is 76.5 Å². The summed E-state index contributed by atoms with van der Waals surface area (Å²) in [5.74, 6) is -2.36. The summed E-state index contributed by atoms with van der Waals surface area (Å²) in [5, 5.41) is 7.56. The monoisotopic (exact) mass is 661 g/mol. The number of thioether (sulfide) groups is 1. The molecule has 1 aliphatic carbocycles. The summed E-state index contributed by atoms with van der Waals surface area (Å²) in [7, 11) is 0. The molecule has 0 radical (unpaired) electrons. The molecule has 0 bridgehead atoms. The topological polar surface area (TPSA) is 156 Å². The van der Waals surface area contributed by atoms with Crippen LogP contribution in [0.5, 0.6) is 5.75 Å². The zero-order chi connectivity index (χ0) is 33.4. The Bertz CT molecular complexity index is 1470. The van der Waals surface area contributed by atoms with E-state index in [1.165, 1.54) is 17.8 Å². The second-order valence-corrected chi connectivity index (χ2v) is 14.0. The molecule has 0 spiro atoms. The van der Waals surface area contributed by atoms with Crippen LogP contribution in [0.15, 0.2) is 44.1 Å². The number of nitrogens with zero attached hydrogens (tertiary/aromatic N) is 2. The minimum atomic E-state index is -1.14. The Morgan fingerprint density at radius 2 is 1.83 bits per heavy atom. The van der Waals surface area contributed by atoms with Crippen molar-refractivity contribution in [1.29, 1.82) is 0 Å². The highest BCUT2D eigenvalue weighted by Crippen LogP contribution is 2.47.